The average molecular weight is 197 g/mol. The molecule has 0 radical (unpaired) electrons. The monoisotopic (exact) mass is 197 g/mol. The topological polar surface area (TPSA) is 52.3 Å². The molecular formula is C9H11NO2S. The molecule has 1 aromatic carbocycles. The zero-order valence-corrected chi connectivity index (χ0v) is 8.17. The zero-order chi connectivity index (χ0) is 9.84. The minimum atomic E-state index is -0.389. The van der Waals surface area contributed by atoms with Crippen LogP contribution >= 0.6 is 12.6 Å². The maximum atomic E-state index is 11.3. The van der Waals surface area contributed by atoms with E-state index in [-0.39, 0.29) is 5.97 Å². The lowest BCUT2D eigenvalue weighted by atomic mass is 10.2. The van der Waals surface area contributed by atoms with E-state index in [0.717, 1.165) is 0 Å². The molecule has 3 nitrogen and oxygen atoms in total. The molecular weight excluding hydrogens is 186 g/mol. The summed E-state index contributed by atoms with van der Waals surface area (Å²) < 4.78 is 4.82. The van der Waals surface area contributed by atoms with E-state index < -0.39 is 0 Å². The Bertz CT molecular complexity index is 325. The predicted octanol–water partition coefficient (Wildman–Crippen LogP) is 1.73. The molecule has 4 heteroatoms. The summed E-state index contributed by atoms with van der Waals surface area (Å²) in [5.41, 5.74) is 6.46. The molecule has 1 rings (SSSR count). The van der Waals surface area contributed by atoms with Crippen molar-refractivity contribution in [2.75, 3.05) is 12.3 Å². The number of nitrogens with two attached hydrogens (primary N) is 1. The van der Waals surface area contributed by atoms with Crippen LogP contribution in [0.25, 0.3) is 0 Å². The number of rotatable bonds is 2. The van der Waals surface area contributed by atoms with Crippen LogP contribution in [0.1, 0.15) is 17.3 Å². The molecule has 0 aromatic heterocycles. The molecule has 0 heterocycles. The summed E-state index contributed by atoms with van der Waals surface area (Å²) in [6, 6.07) is 5.02. The summed E-state index contributed by atoms with van der Waals surface area (Å²) in [6.45, 7) is 2.10. The highest BCUT2D eigenvalue weighted by Crippen LogP contribution is 2.21. The van der Waals surface area contributed by atoms with Gasteiger partial charge in [-0.15, -0.1) is 12.6 Å². The van der Waals surface area contributed by atoms with Gasteiger partial charge in [0.2, 0.25) is 0 Å². The Labute approximate surface area is 82.3 Å². The SMILES string of the molecule is CCOC(=O)c1cccc(N)c1S. The van der Waals surface area contributed by atoms with Crippen molar-refractivity contribution in [2.45, 2.75) is 11.8 Å². The minimum absolute atomic E-state index is 0.348. The normalized spacial score (nSPS) is 9.69. The first-order chi connectivity index (χ1) is 6.16. The van der Waals surface area contributed by atoms with Gasteiger partial charge in [0.1, 0.15) is 0 Å². The van der Waals surface area contributed by atoms with Crippen LogP contribution in [-0.2, 0) is 4.74 Å². The first kappa shape index (κ1) is 9.92. The van der Waals surface area contributed by atoms with Crippen molar-refractivity contribution in [3.05, 3.63) is 23.8 Å². The van der Waals surface area contributed by atoms with Crippen LogP contribution < -0.4 is 5.73 Å². The summed E-state index contributed by atoms with van der Waals surface area (Å²) in [4.78, 5) is 11.8. The second-order valence-electron chi connectivity index (χ2n) is 2.46. The number of benzene rings is 1. The van der Waals surface area contributed by atoms with Crippen LogP contribution in [0.5, 0.6) is 0 Å². The van der Waals surface area contributed by atoms with Crippen molar-refractivity contribution in [3.8, 4) is 0 Å². The number of hydrogen-bond donors (Lipinski definition) is 2. The predicted molar refractivity (Wildman–Crippen MR) is 54.1 cm³/mol. The number of ether oxygens (including phenoxy) is 1. The van der Waals surface area contributed by atoms with Gasteiger partial charge >= 0.3 is 5.97 Å². The Kier molecular flexibility index (Phi) is 3.19. The van der Waals surface area contributed by atoms with E-state index in [0.29, 0.717) is 22.8 Å². The highest BCUT2D eigenvalue weighted by Gasteiger charge is 2.11. The standard InChI is InChI=1S/C9H11NO2S/c1-2-12-9(11)6-4-3-5-7(10)8(6)13/h3-5,13H,2,10H2,1H3. The van der Waals surface area contributed by atoms with Crippen molar-refractivity contribution in [1.29, 1.82) is 0 Å². The van der Waals surface area contributed by atoms with Crippen LogP contribution in [0.4, 0.5) is 5.69 Å². The number of hydrogen-bond acceptors (Lipinski definition) is 4. The summed E-state index contributed by atoms with van der Waals surface area (Å²) in [5, 5.41) is 0. The van der Waals surface area contributed by atoms with Gasteiger partial charge in [0, 0.05) is 10.6 Å². The highest BCUT2D eigenvalue weighted by molar-refractivity contribution is 7.80. The fraction of sp³-hybridized carbons (Fsp3) is 0.222. The van der Waals surface area contributed by atoms with Gasteiger partial charge in [-0.1, -0.05) is 6.07 Å². The van der Waals surface area contributed by atoms with E-state index in [9.17, 15) is 4.79 Å². The summed E-state index contributed by atoms with van der Waals surface area (Å²) in [6.07, 6.45) is 0. The van der Waals surface area contributed by atoms with Crippen molar-refractivity contribution in [3.63, 3.8) is 0 Å². The van der Waals surface area contributed by atoms with Crippen LogP contribution in [-0.4, -0.2) is 12.6 Å². The average Bonchev–Trinajstić information content (AvgIpc) is 2.10. The molecule has 0 saturated carbocycles. The van der Waals surface area contributed by atoms with Crippen LogP contribution in [0.3, 0.4) is 0 Å². The van der Waals surface area contributed by atoms with E-state index in [1.54, 1.807) is 25.1 Å². The number of anilines is 1. The van der Waals surface area contributed by atoms with Gasteiger partial charge in [-0.2, -0.15) is 0 Å². The molecule has 0 fully saturated rings. The maximum absolute atomic E-state index is 11.3. The lowest BCUT2D eigenvalue weighted by Crippen LogP contribution is -2.06. The van der Waals surface area contributed by atoms with Gasteiger partial charge < -0.3 is 10.5 Å². The van der Waals surface area contributed by atoms with Gasteiger partial charge in [-0.05, 0) is 19.1 Å². The fourth-order valence-electron chi connectivity index (χ4n) is 0.935. The van der Waals surface area contributed by atoms with Crippen LogP contribution in [0.2, 0.25) is 0 Å². The lowest BCUT2D eigenvalue weighted by molar-refractivity contribution is 0.0522. The van der Waals surface area contributed by atoms with Crippen LogP contribution in [0.15, 0.2) is 23.1 Å². The van der Waals surface area contributed by atoms with Crippen molar-refractivity contribution < 1.29 is 9.53 Å². The molecule has 70 valence electrons. The molecule has 0 bridgehead atoms. The number of carbonyl (C=O) groups excluding carboxylic acids is 1. The summed E-state index contributed by atoms with van der Waals surface area (Å²) in [7, 11) is 0. The van der Waals surface area contributed by atoms with Gasteiger partial charge in [-0.3, -0.25) is 0 Å². The van der Waals surface area contributed by atoms with Gasteiger partial charge in [0.25, 0.3) is 0 Å². The van der Waals surface area contributed by atoms with E-state index in [4.69, 9.17) is 10.5 Å². The van der Waals surface area contributed by atoms with Gasteiger partial charge in [-0.25, -0.2) is 4.79 Å². The number of carbonyl (C=O) groups is 1. The van der Waals surface area contributed by atoms with Crippen molar-refractivity contribution >= 4 is 24.3 Å². The molecule has 1 aromatic rings. The van der Waals surface area contributed by atoms with E-state index in [1.165, 1.54) is 0 Å². The maximum Gasteiger partial charge on any atom is 0.339 e. The first-order valence-electron chi connectivity index (χ1n) is 3.91. The van der Waals surface area contributed by atoms with Gasteiger partial charge in [0.05, 0.1) is 12.2 Å². The Balaban J connectivity index is 3.01. The molecule has 0 spiro atoms. The smallest absolute Gasteiger partial charge is 0.339 e. The third-order valence-electron chi connectivity index (χ3n) is 1.56. The molecule has 13 heavy (non-hydrogen) atoms. The van der Waals surface area contributed by atoms with Crippen molar-refractivity contribution in [2.24, 2.45) is 0 Å². The molecule has 0 atom stereocenters. The second kappa shape index (κ2) is 4.18. The fourth-order valence-corrected chi connectivity index (χ4v) is 1.18. The van der Waals surface area contributed by atoms with Crippen LogP contribution in [0, 0.1) is 0 Å². The van der Waals surface area contributed by atoms with E-state index in [1.807, 2.05) is 0 Å². The Morgan fingerprint density at radius 2 is 2.31 bits per heavy atom. The molecule has 0 unspecified atom stereocenters. The first-order valence-corrected chi connectivity index (χ1v) is 4.36. The summed E-state index contributed by atoms with van der Waals surface area (Å²) >= 11 is 4.12. The third kappa shape index (κ3) is 2.15. The third-order valence-corrected chi connectivity index (χ3v) is 2.06. The van der Waals surface area contributed by atoms with Crippen molar-refractivity contribution in [1.82, 2.24) is 0 Å². The molecule has 0 aliphatic heterocycles. The Morgan fingerprint density at radius 3 is 2.92 bits per heavy atom. The highest BCUT2D eigenvalue weighted by atomic mass is 32.1. The Morgan fingerprint density at radius 1 is 1.62 bits per heavy atom. The van der Waals surface area contributed by atoms with E-state index >= 15 is 0 Å². The minimum Gasteiger partial charge on any atom is -0.462 e. The zero-order valence-electron chi connectivity index (χ0n) is 7.28. The summed E-state index contributed by atoms with van der Waals surface area (Å²) in [5.74, 6) is -0.389. The van der Waals surface area contributed by atoms with Gasteiger partial charge in [0.15, 0.2) is 0 Å². The lowest BCUT2D eigenvalue weighted by Gasteiger charge is -2.05. The number of esters is 1. The Hall–Kier alpha value is -1.16. The largest absolute Gasteiger partial charge is 0.462 e. The number of nitrogen functional groups attached to an aromatic ring is 1. The number of thiol groups is 1. The quantitative estimate of drug-likeness (QED) is 0.431. The second-order valence-corrected chi connectivity index (χ2v) is 2.91. The molecule has 0 aliphatic rings. The molecule has 0 amide bonds. The molecule has 2 N–H and O–H groups in total. The molecule has 0 saturated heterocycles. The van der Waals surface area contributed by atoms with E-state index in [2.05, 4.69) is 12.6 Å². The molecule has 0 aliphatic carbocycles.